The molecule has 1 amide bonds. The Balaban J connectivity index is 1.58. The van der Waals surface area contributed by atoms with Crippen molar-refractivity contribution in [2.24, 2.45) is 5.10 Å². The minimum atomic E-state index is -0.434. The summed E-state index contributed by atoms with van der Waals surface area (Å²) in [5, 5.41) is 6.14. The molecule has 36 heavy (non-hydrogen) atoms. The van der Waals surface area contributed by atoms with Crippen LogP contribution in [0.1, 0.15) is 42.3 Å². The van der Waals surface area contributed by atoms with Gasteiger partial charge in [-0.2, -0.15) is 10.1 Å². The van der Waals surface area contributed by atoms with Crippen LogP contribution in [0.4, 0.5) is 9.52 Å². The number of hydrogen-bond acceptors (Lipinski definition) is 6. The van der Waals surface area contributed by atoms with E-state index >= 15 is 0 Å². The first-order valence-corrected chi connectivity index (χ1v) is 12.1. The van der Waals surface area contributed by atoms with Crippen LogP contribution in [0, 0.1) is 5.82 Å². The maximum Gasteiger partial charge on any atom is 0.280 e. The van der Waals surface area contributed by atoms with Gasteiger partial charge < -0.3 is 4.42 Å². The van der Waals surface area contributed by atoms with Gasteiger partial charge in [0, 0.05) is 5.56 Å². The van der Waals surface area contributed by atoms with Gasteiger partial charge in [0.05, 0.1) is 27.4 Å². The third-order valence-electron chi connectivity index (χ3n) is 5.73. The van der Waals surface area contributed by atoms with Crippen LogP contribution in [0.3, 0.4) is 0 Å². The molecule has 5 rings (SSSR count). The molecule has 0 unspecified atom stereocenters. The molecule has 0 N–H and O–H groups in total. The smallest absolute Gasteiger partial charge is 0.280 e. The molecule has 3 aromatic carbocycles. The van der Waals surface area contributed by atoms with Crippen molar-refractivity contribution in [3.63, 3.8) is 0 Å². The quantitative estimate of drug-likeness (QED) is 0.208. The lowest BCUT2D eigenvalue weighted by Gasteiger charge is -2.19. The number of nitrogens with zero attached hydrogens (tertiary/aromatic N) is 3. The first-order valence-electron chi connectivity index (χ1n) is 11.3. The van der Waals surface area contributed by atoms with Crippen molar-refractivity contribution in [2.75, 3.05) is 5.01 Å². The Morgan fingerprint density at radius 2 is 1.83 bits per heavy atom. The van der Waals surface area contributed by atoms with Crippen LogP contribution in [0.5, 0.6) is 0 Å². The molecule has 0 fully saturated rings. The Hall–Kier alpha value is -4.17. The van der Waals surface area contributed by atoms with Crippen LogP contribution in [0.15, 0.2) is 87.3 Å². The fourth-order valence-corrected chi connectivity index (χ4v) is 4.65. The molecular weight excluding hydrogens is 477 g/mol. The van der Waals surface area contributed by atoms with E-state index in [0.29, 0.717) is 26.7 Å². The summed E-state index contributed by atoms with van der Waals surface area (Å²) in [4.78, 5) is 31.0. The molecule has 0 aliphatic carbocycles. The molecule has 6 nitrogen and oxygen atoms in total. The zero-order valence-electron chi connectivity index (χ0n) is 19.9. The average molecular weight is 500 g/mol. The van der Waals surface area contributed by atoms with E-state index in [-0.39, 0.29) is 21.5 Å². The Morgan fingerprint density at radius 1 is 1.08 bits per heavy atom. The van der Waals surface area contributed by atoms with Crippen molar-refractivity contribution in [3.05, 3.63) is 106 Å². The van der Waals surface area contributed by atoms with E-state index in [4.69, 9.17) is 4.42 Å². The van der Waals surface area contributed by atoms with Gasteiger partial charge in [-0.25, -0.2) is 9.37 Å². The van der Waals surface area contributed by atoms with E-state index in [1.54, 1.807) is 42.5 Å². The Morgan fingerprint density at radius 3 is 2.58 bits per heavy atom. The SMILES string of the molecule is CC(C)(C)c1ccc(C(=O)N(/N=C/c2coc3ccccc3c2=O)c2nc3ccc(F)cc3s2)cc1. The van der Waals surface area contributed by atoms with Gasteiger partial charge in [-0.15, -0.1) is 0 Å². The van der Waals surface area contributed by atoms with E-state index in [9.17, 15) is 14.0 Å². The second-order valence-corrected chi connectivity index (χ2v) is 10.3. The molecule has 8 heteroatoms. The Bertz CT molecular complexity index is 1680. The van der Waals surface area contributed by atoms with E-state index < -0.39 is 11.7 Å². The molecule has 0 bridgehead atoms. The van der Waals surface area contributed by atoms with Crippen LogP contribution < -0.4 is 10.4 Å². The van der Waals surface area contributed by atoms with Gasteiger partial charge in [0.25, 0.3) is 5.91 Å². The molecule has 0 atom stereocenters. The lowest BCUT2D eigenvalue weighted by atomic mass is 9.87. The molecule has 0 spiro atoms. The summed E-state index contributed by atoms with van der Waals surface area (Å²) in [6.07, 6.45) is 2.59. The third kappa shape index (κ3) is 4.55. The number of hydrogen-bond donors (Lipinski definition) is 0. The van der Waals surface area contributed by atoms with Crippen molar-refractivity contribution < 1.29 is 13.6 Å². The monoisotopic (exact) mass is 499 g/mol. The summed E-state index contributed by atoms with van der Waals surface area (Å²) in [7, 11) is 0. The fraction of sp³-hybridized carbons (Fsp3) is 0.143. The zero-order valence-corrected chi connectivity index (χ0v) is 20.7. The van der Waals surface area contributed by atoms with Gasteiger partial charge in [0.2, 0.25) is 10.6 Å². The summed E-state index contributed by atoms with van der Waals surface area (Å²) in [5.41, 5.74) is 2.32. The van der Waals surface area contributed by atoms with Crippen molar-refractivity contribution >= 4 is 49.8 Å². The molecule has 2 aromatic heterocycles. The normalized spacial score (nSPS) is 12.0. The first-order chi connectivity index (χ1) is 17.2. The van der Waals surface area contributed by atoms with Gasteiger partial charge in [-0.05, 0) is 53.4 Å². The molecule has 0 saturated carbocycles. The van der Waals surface area contributed by atoms with Crippen molar-refractivity contribution in [2.45, 2.75) is 26.2 Å². The number of carbonyl (C=O) groups is 1. The summed E-state index contributed by atoms with van der Waals surface area (Å²) in [6.45, 7) is 6.28. The third-order valence-corrected chi connectivity index (χ3v) is 6.72. The zero-order chi connectivity index (χ0) is 25.4. The molecule has 0 saturated heterocycles. The predicted octanol–water partition coefficient (Wildman–Crippen LogP) is 6.52. The number of thiazole rings is 1. The molecule has 0 radical (unpaired) electrons. The number of rotatable bonds is 4. The molecular formula is C28H22FN3O3S. The van der Waals surface area contributed by atoms with E-state index in [2.05, 4.69) is 30.9 Å². The highest BCUT2D eigenvalue weighted by molar-refractivity contribution is 7.22. The van der Waals surface area contributed by atoms with Crippen LogP contribution >= 0.6 is 11.3 Å². The maximum atomic E-state index is 13.8. The summed E-state index contributed by atoms with van der Waals surface area (Å²) < 4.78 is 19.9. The standard InChI is InChI=1S/C28H22FN3O3S/c1-28(2,3)19-10-8-17(9-11-19)26(34)32(27-31-22-13-12-20(29)14-24(22)36-27)30-15-18-16-35-23-7-5-4-6-21(23)25(18)33/h4-16H,1-3H3/b30-15+. The number of carbonyl (C=O) groups excluding carboxylic acids is 1. The van der Waals surface area contributed by atoms with E-state index in [0.717, 1.165) is 21.9 Å². The second kappa shape index (κ2) is 9.13. The molecule has 180 valence electrons. The highest BCUT2D eigenvalue weighted by atomic mass is 32.1. The van der Waals surface area contributed by atoms with Crippen LogP contribution in [0.25, 0.3) is 21.2 Å². The van der Waals surface area contributed by atoms with Crippen LogP contribution in [0.2, 0.25) is 0 Å². The minimum absolute atomic E-state index is 0.0688. The summed E-state index contributed by atoms with van der Waals surface area (Å²) in [6, 6.07) is 18.4. The van der Waals surface area contributed by atoms with Crippen LogP contribution in [-0.4, -0.2) is 17.1 Å². The molecule has 0 aliphatic heterocycles. The summed E-state index contributed by atoms with van der Waals surface area (Å²) >= 11 is 1.13. The van der Waals surface area contributed by atoms with Gasteiger partial charge in [0.15, 0.2) is 0 Å². The number of aromatic nitrogens is 1. The number of hydrazone groups is 1. The predicted molar refractivity (Wildman–Crippen MR) is 142 cm³/mol. The average Bonchev–Trinajstić information content (AvgIpc) is 3.27. The number of anilines is 1. The fourth-order valence-electron chi connectivity index (χ4n) is 3.70. The van der Waals surface area contributed by atoms with Gasteiger partial charge in [0.1, 0.15) is 17.7 Å². The topological polar surface area (TPSA) is 75.8 Å². The molecule has 5 aromatic rings. The largest absolute Gasteiger partial charge is 0.463 e. The number of para-hydroxylation sites is 1. The Kier molecular flexibility index (Phi) is 5.97. The van der Waals surface area contributed by atoms with Gasteiger partial charge in [-0.1, -0.05) is 56.4 Å². The van der Waals surface area contributed by atoms with Crippen molar-refractivity contribution in [3.8, 4) is 0 Å². The molecule has 0 aliphatic rings. The maximum absolute atomic E-state index is 13.8. The van der Waals surface area contributed by atoms with Crippen molar-refractivity contribution in [1.29, 1.82) is 0 Å². The number of fused-ring (bicyclic) bond motifs is 2. The van der Waals surface area contributed by atoms with Crippen LogP contribution in [-0.2, 0) is 5.41 Å². The Labute approximate surface area is 210 Å². The number of halogens is 1. The van der Waals surface area contributed by atoms with Gasteiger partial charge in [-0.3, -0.25) is 9.59 Å². The van der Waals surface area contributed by atoms with Crippen molar-refractivity contribution in [1.82, 2.24) is 4.98 Å². The highest BCUT2D eigenvalue weighted by Gasteiger charge is 2.22. The first kappa shape index (κ1) is 23.6. The highest BCUT2D eigenvalue weighted by Crippen LogP contribution is 2.31. The number of amides is 1. The lowest BCUT2D eigenvalue weighted by Crippen LogP contribution is -2.26. The summed E-state index contributed by atoms with van der Waals surface area (Å²) in [5.74, 6) is -0.831. The minimum Gasteiger partial charge on any atom is -0.463 e. The van der Waals surface area contributed by atoms with Gasteiger partial charge >= 0.3 is 0 Å². The second-order valence-electron chi connectivity index (χ2n) is 9.31. The number of benzene rings is 3. The molecule has 2 heterocycles. The van der Waals surface area contributed by atoms with E-state index in [1.165, 1.54) is 24.6 Å². The van der Waals surface area contributed by atoms with E-state index in [1.807, 2.05) is 12.1 Å². The lowest BCUT2D eigenvalue weighted by molar-refractivity contribution is 0.0987.